The molecule has 34 heavy (non-hydrogen) atoms. The van der Waals surface area contributed by atoms with Crippen LogP contribution in [-0.4, -0.2) is 57.0 Å². The Morgan fingerprint density at radius 3 is 2.47 bits per heavy atom. The van der Waals surface area contributed by atoms with E-state index in [2.05, 4.69) is 46.4 Å². The molecule has 6 nitrogen and oxygen atoms in total. The minimum atomic E-state index is -0.380. The molecular weight excluding hydrogens is 424 g/mol. The van der Waals surface area contributed by atoms with Gasteiger partial charge in [0.25, 0.3) is 11.8 Å². The van der Waals surface area contributed by atoms with E-state index in [4.69, 9.17) is 0 Å². The molecule has 2 aliphatic heterocycles. The Morgan fingerprint density at radius 1 is 0.971 bits per heavy atom. The second kappa shape index (κ2) is 7.57. The van der Waals surface area contributed by atoms with Gasteiger partial charge in [-0.3, -0.25) is 9.59 Å². The summed E-state index contributed by atoms with van der Waals surface area (Å²) in [6, 6.07) is 16.3. The van der Waals surface area contributed by atoms with Crippen molar-refractivity contribution in [3.63, 3.8) is 0 Å². The maximum atomic E-state index is 13.6. The molecule has 0 unspecified atom stereocenters. The number of anilines is 2. The van der Waals surface area contributed by atoms with Crippen LogP contribution in [0.15, 0.2) is 48.5 Å². The van der Waals surface area contributed by atoms with Gasteiger partial charge < -0.3 is 20.0 Å². The molecule has 0 bridgehead atoms. The Bertz CT molecular complexity index is 1340. The van der Waals surface area contributed by atoms with E-state index in [0.717, 1.165) is 83.4 Å². The van der Waals surface area contributed by atoms with Crippen molar-refractivity contribution in [2.24, 2.45) is 0 Å². The van der Waals surface area contributed by atoms with Crippen LogP contribution >= 0.6 is 0 Å². The van der Waals surface area contributed by atoms with Gasteiger partial charge >= 0.3 is 0 Å². The fraction of sp³-hybridized carbons (Fsp3) is 0.357. The number of amides is 2. The highest BCUT2D eigenvalue weighted by molar-refractivity contribution is 6.25. The van der Waals surface area contributed by atoms with Gasteiger partial charge in [-0.2, -0.15) is 0 Å². The number of hydrogen-bond donors (Lipinski definition) is 1. The molecule has 0 radical (unpaired) electrons. The molecule has 6 heteroatoms. The van der Waals surface area contributed by atoms with Crippen LogP contribution in [0.4, 0.5) is 11.4 Å². The van der Waals surface area contributed by atoms with E-state index in [0.29, 0.717) is 0 Å². The van der Waals surface area contributed by atoms with Crippen molar-refractivity contribution < 1.29 is 9.59 Å². The first-order chi connectivity index (χ1) is 16.4. The first-order valence-electron chi connectivity index (χ1n) is 12.1. The van der Waals surface area contributed by atoms with Gasteiger partial charge in [0, 0.05) is 55.4 Å². The number of carbonyl (C=O) groups excluding carboxylic acids is 2. The first-order valence-corrected chi connectivity index (χ1v) is 12.1. The summed E-state index contributed by atoms with van der Waals surface area (Å²) in [7, 11) is 3.97. The summed E-state index contributed by atoms with van der Waals surface area (Å²) < 4.78 is 0. The van der Waals surface area contributed by atoms with Crippen LogP contribution in [0, 0.1) is 6.92 Å². The zero-order valence-electron chi connectivity index (χ0n) is 20.0. The molecule has 2 fully saturated rings. The van der Waals surface area contributed by atoms with Crippen LogP contribution < -0.4 is 15.1 Å². The standard InChI is InChI=1S/C28H30N4O2/c1-18-7-8-19(32-15-13-30(2)14-16-32)17-22(18)26(33)29-28(11-12-28)23-9-10-24-25-20(23)5-4-6-21(25)27(34)31(24)3/h4-10,17H,11-16H2,1-3H3,(H,29,33). The minimum Gasteiger partial charge on any atom is -0.369 e. The smallest absolute Gasteiger partial charge is 0.258 e. The summed E-state index contributed by atoms with van der Waals surface area (Å²) >= 11 is 0. The van der Waals surface area contributed by atoms with Gasteiger partial charge in [0.15, 0.2) is 0 Å². The van der Waals surface area contributed by atoms with Crippen LogP contribution in [0.5, 0.6) is 0 Å². The molecule has 0 spiro atoms. The lowest BCUT2D eigenvalue weighted by Crippen LogP contribution is -2.44. The minimum absolute atomic E-state index is 0.0255. The van der Waals surface area contributed by atoms with Gasteiger partial charge in [-0.05, 0) is 67.6 Å². The van der Waals surface area contributed by atoms with Gasteiger partial charge in [0.05, 0.1) is 11.2 Å². The highest BCUT2D eigenvalue weighted by Gasteiger charge is 2.47. The maximum absolute atomic E-state index is 13.6. The molecule has 0 aromatic heterocycles. The molecule has 3 aromatic carbocycles. The zero-order chi connectivity index (χ0) is 23.6. The maximum Gasteiger partial charge on any atom is 0.258 e. The fourth-order valence-electron chi connectivity index (χ4n) is 5.54. The zero-order valence-corrected chi connectivity index (χ0v) is 20.0. The van der Waals surface area contributed by atoms with E-state index in [9.17, 15) is 9.59 Å². The Labute approximate surface area is 200 Å². The number of hydrogen-bond acceptors (Lipinski definition) is 4. The molecule has 0 atom stereocenters. The second-order valence-electron chi connectivity index (χ2n) is 10.1. The van der Waals surface area contributed by atoms with Gasteiger partial charge in [0.1, 0.15) is 0 Å². The quantitative estimate of drug-likeness (QED) is 0.650. The van der Waals surface area contributed by atoms with Crippen molar-refractivity contribution in [1.29, 1.82) is 0 Å². The van der Waals surface area contributed by atoms with Crippen LogP contribution in [0.3, 0.4) is 0 Å². The van der Waals surface area contributed by atoms with Crippen molar-refractivity contribution in [2.45, 2.75) is 25.3 Å². The predicted octanol–water partition coefficient (Wildman–Crippen LogP) is 3.91. The highest BCUT2D eigenvalue weighted by atomic mass is 16.2. The van der Waals surface area contributed by atoms with Crippen molar-refractivity contribution in [3.05, 3.63) is 70.8 Å². The molecule has 3 aromatic rings. The van der Waals surface area contributed by atoms with Gasteiger partial charge in [-0.1, -0.05) is 24.3 Å². The van der Waals surface area contributed by atoms with Crippen molar-refractivity contribution >= 4 is 34.0 Å². The molecule has 1 saturated carbocycles. The molecule has 174 valence electrons. The summed E-state index contributed by atoms with van der Waals surface area (Å²) in [5, 5.41) is 5.45. The molecular formula is C28H30N4O2. The molecule has 2 amide bonds. The SMILES string of the molecule is Cc1ccc(N2CCN(C)CC2)cc1C(=O)NC1(c2ccc3c4c(cccc24)C(=O)N3C)CC1. The Morgan fingerprint density at radius 2 is 1.74 bits per heavy atom. The monoisotopic (exact) mass is 454 g/mol. The summed E-state index contributed by atoms with van der Waals surface area (Å²) in [6.45, 7) is 6.00. The average Bonchev–Trinajstić information content (AvgIpc) is 3.58. The van der Waals surface area contributed by atoms with Crippen molar-refractivity contribution in [1.82, 2.24) is 10.2 Å². The lowest BCUT2D eigenvalue weighted by Gasteiger charge is -2.34. The fourth-order valence-corrected chi connectivity index (χ4v) is 5.54. The summed E-state index contributed by atoms with van der Waals surface area (Å²) in [6.07, 6.45) is 1.80. The summed E-state index contributed by atoms with van der Waals surface area (Å²) in [5.74, 6) is 0.00500. The number of nitrogens with zero attached hydrogens (tertiary/aromatic N) is 3. The van der Waals surface area contributed by atoms with E-state index in [-0.39, 0.29) is 17.4 Å². The number of likely N-dealkylation sites (N-methyl/N-ethyl adjacent to an activating group) is 1. The number of carbonyl (C=O) groups is 2. The Kier molecular flexibility index (Phi) is 4.71. The highest BCUT2D eigenvalue weighted by Crippen LogP contribution is 2.50. The predicted molar refractivity (Wildman–Crippen MR) is 136 cm³/mol. The van der Waals surface area contributed by atoms with Gasteiger partial charge in [-0.25, -0.2) is 0 Å². The lowest BCUT2D eigenvalue weighted by molar-refractivity contribution is 0.0929. The molecule has 1 saturated heterocycles. The molecule has 1 N–H and O–H groups in total. The van der Waals surface area contributed by atoms with E-state index in [1.165, 1.54) is 0 Å². The summed E-state index contributed by atoms with van der Waals surface area (Å²) in [5.41, 5.74) is 5.25. The number of benzene rings is 3. The third-order valence-corrected chi connectivity index (χ3v) is 7.87. The summed E-state index contributed by atoms with van der Waals surface area (Å²) in [4.78, 5) is 32.7. The molecule has 1 aliphatic carbocycles. The molecule has 6 rings (SSSR count). The van der Waals surface area contributed by atoms with Crippen molar-refractivity contribution in [2.75, 3.05) is 50.1 Å². The van der Waals surface area contributed by atoms with E-state index >= 15 is 0 Å². The van der Waals surface area contributed by atoms with Crippen LogP contribution in [-0.2, 0) is 5.54 Å². The van der Waals surface area contributed by atoms with Gasteiger partial charge in [-0.15, -0.1) is 0 Å². The van der Waals surface area contributed by atoms with Crippen LogP contribution in [0.25, 0.3) is 10.8 Å². The second-order valence-corrected chi connectivity index (χ2v) is 10.1. The number of aryl methyl sites for hydroxylation is 1. The van der Waals surface area contributed by atoms with Crippen molar-refractivity contribution in [3.8, 4) is 0 Å². The topological polar surface area (TPSA) is 55.9 Å². The normalized spacial score (nSPS) is 19.1. The van der Waals surface area contributed by atoms with Crippen LogP contribution in [0.1, 0.15) is 44.7 Å². The third-order valence-electron chi connectivity index (χ3n) is 7.87. The Balaban J connectivity index is 1.32. The van der Waals surface area contributed by atoms with Gasteiger partial charge in [0.2, 0.25) is 0 Å². The lowest BCUT2D eigenvalue weighted by atomic mass is 9.94. The first kappa shape index (κ1) is 21.2. The van der Waals surface area contributed by atoms with E-state index in [1.54, 1.807) is 4.90 Å². The molecule has 3 aliphatic rings. The molecule has 2 heterocycles. The van der Waals surface area contributed by atoms with E-state index in [1.807, 2.05) is 38.2 Å². The number of nitrogens with one attached hydrogen (secondary N) is 1. The van der Waals surface area contributed by atoms with E-state index < -0.39 is 0 Å². The average molecular weight is 455 g/mol. The number of rotatable bonds is 4. The Hall–Kier alpha value is -3.38. The largest absolute Gasteiger partial charge is 0.369 e. The third kappa shape index (κ3) is 3.20. The van der Waals surface area contributed by atoms with Crippen LogP contribution in [0.2, 0.25) is 0 Å². The number of piperazine rings is 1.